The Morgan fingerprint density at radius 2 is 1.91 bits per heavy atom. The molecule has 2 aromatic carbocycles. The Balaban J connectivity index is 1.37. The fourth-order valence-corrected chi connectivity index (χ4v) is 5.25. The number of halogens is 1. The number of amides is 2. The average molecular weight is 497 g/mol. The number of benzene rings is 2. The molecular formula is C26H29FN4O3S. The molecule has 0 fully saturated rings. The molecule has 0 spiro atoms. The van der Waals surface area contributed by atoms with Crippen molar-refractivity contribution >= 4 is 34.2 Å². The van der Waals surface area contributed by atoms with Crippen molar-refractivity contribution in [2.45, 2.75) is 45.2 Å². The number of methoxy groups -OCH3 is 1. The van der Waals surface area contributed by atoms with Crippen LogP contribution in [0.25, 0.3) is 0 Å². The van der Waals surface area contributed by atoms with E-state index in [-0.39, 0.29) is 23.9 Å². The van der Waals surface area contributed by atoms with Crippen molar-refractivity contribution in [2.75, 3.05) is 24.3 Å². The second-order valence-electron chi connectivity index (χ2n) is 8.46. The molecule has 35 heavy (non-hydrogen) atoms. The number of esters is 1. The molecule has 1 atom stereocenters. The second-order valence-corrected chi connectivity index (χ2v) is 9.54. The van der Waals surface area contributed by atoms with Gasteiger partial charge in [-0.2, -0.15) is 0 Å². The molecule has 9 heteroatoms. The third-order valence-corrected chi connectivity index (χ3v) is 7.07. The largest absolute Gasteiger partial charge is 0.465 e. The van der Waals surface area contributed by atoms with Gasteiger partial charge in [-0.1, -0.05) is 19.1 Å². The molecule has 1 aliphatic rings. The third kappa shape index (κ3) is 6.16. The summed E-state index contributed by atoms with van der Waals surface area (Å²) in [5, 5.41) is 7.13. The maximum atomic E-state index is 13.2. The summed E-state index contributed by atoms with van der Waals surface area (Å²) in [4.78, 5) is 32.5. The Morgan fingerprint density at radius 1 is 1.17 bits per heavy atom. The maximum absolute atomic E-state index is 13.2. The van der Waals surface area contributed by atoms with Crippen LogP contribution < -0.4 is 10.6 Å². The number of fused-ring (bicyclic) bond motifs is 1. The molecule has 4 rings (SSSR count). The summed E-state index contributed by atoms with van der Waals surface area (Å²) < 4.78 is 17.9. The summed E-state index contributed by atoms with van der Waals surface area (Å²) in [6, 6.07) is 13.0. The quantitative estimate of drug-likeness (QED) is 0.404. The molecule has 0 bridgehead atoms. The lowest BCUT2D eigenvalue weighted by molar-refractivity contribution is 0.0600. The van der Waals surface area contributed by atoms with Crippen LogP contribution in [0.3, 0.4) is 0 Å². The van der Waals surface area contributed by atoms with Gasteiger partial charge >= 0.3 is 12.0 Å². The number of hydrogen-bond acceptors (Lipinski definition) is 6. The van der Waals surface area contributed by atoms with E-state index in [2.05, 4.69) is 17.6 Å². The number of aryl methyl sites for hydroxylation is 1. The van der Waals surface area contributed by atoms with E-state index >= 15 is 0 Å². The molecule has 0 aliphatic heterocycles. The van der Waals surface area contributed by atoms with E-state index < -0.39 is 0 Å². The van der Waals surface area contributed by atoms with Crippen LogP contribution in [0, 0.1) is 5.82 Å². The van der Waals surface area contributed by atoms with Crippen LogP contribution in [0.4, 0.5) is 20.0 Å². The van der Waals surface area contributed by atoms with E-state index in [0.717, 1.165) is 42.1 Å². The fourth-order valence-electron chi connectivity index (χ4n) is 4.17. The standard InChI is InChI=1S/C26H29FN4O3S/c1-3-14-31(26(33)29-20-10-8-19(27)9-11-20)21-12-13-22-23(15-21)35-25(30-22)28-16-17-4-6-18(7-5-17)24(32)34-2/h4-11,21H,3,12-16H2,1-2H3,(H,28,30)(H,29,33). The van der Waals surface area contributed by atoms with Crippen LogP contribution >= 0.6 is 11.3 Å². The van der Waals surface area contributed by atoms with Crippen molar-refractivity contribution in [3.63, 3.8) is 0 Å². The third-order valence-electron chi connectivity index (χ3n) is 5.99. The van der Waals surface area contributed by atoms with Gasteiger partial charge in [0.05, 0.1) is 18.4 Å². The predicted molar refractivity (Wildman–Crippen MR) is 135 cm³/mol. The van der Waals surface area contributed by atoms with Gasteiger partial charge in [0.15, 0.2) is 5.13 Å². The van der Waals surface area contributed by atoms with E-state index in [1.165, 1.54) is 24.1 Å². The van der Waals surface area contributed by atoms with Crippen LogP contribution in [0.15, 0.2) is 48.5 Å². The van der Waals surface area contributed by atoms with Crippen molar-refractivity contribution < 1.29 is 18.7 Å². The molecule has 0 saturated heterocycles. The minimum Gasteiger partial charge on any atom is -0.465 e. The van der Waals surface area contributed by atoms with E-state index in [9.17, 15) is 14.0 Å². The highest BCUT2D eigenvalue weighted by atomic mass is 32.1. The minimum atomic E-state index is -0.352. The minimum absolute atomic E-state index is 0.0852. The molecule has 2 N–H and O–H groups in total. The highest BCUT2D eigenvalue weighted by molar-refractivity contribution is 7.15. The number of carbonyl (C=O) groups excluding carboxylic acids is 2. The Labute approximate surface area is 208 Å². The number of anilines is 2. The number of nitrogens with one attached hydrogen (secondary N) is 2. The summed E-state index contributed by atoms with van der Waals surface area (Å²) in [5.41, 5.74) is 3.23. The molecule has 3 aromatic rings. The zero-order valence-electron chi connectivity index (χ0n) is 19.8. The van der Waals surface area contributed by atoms with Crippen molar-refractivity contribution in [2.24, 2.45) is 0 Å². The van der Waals surface area contributed by atoms with E-state index in [4.69, 9.17) is 9.72 Å². The summed E-state index contributed by atoms with van der Waals surface area (Å²) >= 11 is 1.63. The molecule has 0 radical (unpaired) electrons. The summed E-state index contributed by atoms with van der Waals surface area (Å²) in [6.07, 6.45) is 3.28. The number of ether oxygens (including phenoxy) is 1. The number of rotatable bonds is 8. The molecule has 1 heterocycles. The van der Waals surface area contributed by atoms with Crippen molar-refractivity contribution in [3.05, 3.63) is 76.0 Å². The van der Waals surface area contributed by atoms with Gasteiger partial charge in [0.1, 0.15) is 5.82 Å². The smallest absolute Gasteiger partial charge is 0.337 e. The number of carbonyl (C=O) groups is 2. The molecule has 0 saturated carbocycles. The Hall–Kier alpha value is -3.46. The summed E-state index contributed by atoms with van der Waals surface area (Å²) in [6.45, 7) is 3.30. The van der Waals surface area contributed by atoms with E-state index in [1.54, 1.807) is 35.6 Å². The van der Waals surface area contributed by atoms with E-state index in [1.807, 2.05) is 17.0 Å². The second kappa shape index (κ2) is 11.3. The fraction of sp³-hybridized carbons (Fsp3) is 0.346. The Kier molecular flexibility index (Phi) is 7.97. The van der Waals surface area contributed by atoms with Crippen LogP contribution in [0.5, 0.6) is 0 Å². The van der Waals surface area contributed by atoms with Crippen LogP contribution in [-0.4, -0.2) is 41.6 Å². The number of nitrogens with zero attached hydrogens (tertiary/aromatic N) is 2. The van der Waals surface area contributed by atoms with Gasteiger partial charge in [-0.25, -0.2) is 19.0 Å². The SMILES string of the molecule is CCCN(C(=O)Nc1ccc(F)cc1)C1CCc2nc(NCc3ccc(C(=O)OC)cc3)sc2C1. The van der Waals surface area contributed by atoms with E-state index in [0.29, 0.717) is 24.3 Å². The highest BCUT2D eigenvalue weighted by Gasteiger charge is 2.29. The van der Waals surface area contributed by atoms with Gasteiger partial charge in [-0.15, -0.1) is 11.3 Å². The number of urea groups is 1. The average Bonchev–Trinajstić information content (AvgIpc) is 3.29. The molecule has 7 nitrogen and oxygen atoms in total. The van der Waals surface area contributed by atoms with Gasteiger partial charge in [0, 0.05) is 36.1 Å². The molecule has 1 aliphatic carbocycles. The van der Waals surface area contributed by atoms with Crippen molar-refractivity contribution in [3.8, 4) is 0 Å². The molecule has 1 aromatic heterocycles. The van der Waals surface area contributed by atoms with Crippen LogP contribution in [0.2, 0.25) is 0 Å². The number of thiazole rings is 1. The molecule has 184 valence electrons. The molecule has 2 amide bonds. The zero-order valence-corrected chi connectivity index (χ0v) is 20.7. The first-order valence-electron chi connectivity index (χ1n) is 11.7. The molecule has 1 unspecified atom stereocenters. The lowest BCUT2D eigenvalue weighted by Crippen LogP contribution is -2.45. The maximum Gasteiger partial charge on any atom is 0.337 e. The first-order valence-corrected chi connectivity index (χ1v) is 12.5. The van der Waals surface area contributed by atoms with Crippen LogP contribution in [-0.2, 0) is 24.1 Å². The highest BCUT2D eigenvalue weighted by Crippen LogP contribution is 2.32. The van der Waals surface area contributed by atoms with Gasteiger partial charge in [0.2, 0.25) is 0 Å². The number of aromatic nitrogens is 1. The van der Waals surface area contributed by atoms with Crippen molar-refractivity contribution in [1.29, 1.82) is 0 Å². The van der Waals surface area contributed by atoms with Crippen molar-refractivity contribution in [1.82, 2.24) is 9.88 Å². The van der Waals surface area contributed by atoms with Gasteiger partial charge in [-0.3, -0.25) is 0 Å². The van der Waals surface area contributed by atoms with Gasteiger partial charge in [-0.05, 0) is 61.2 Å². The predicted octanol–water partition coefficient (Wildman–Crippen LogP) is 5.48. The Morgan fingerprint density at radius 3 is 2.60 bits per heavy atom. The lowest BCUT2D eigenvalue weighted by atomic mass is 9.96. The van der Waals surface area contributed by atoms with Gasteiger partial charge < -0.3 is 20.3 Å². The Bertz CT molecular complexity index is 1160. The first kappa shape index (κ1) is 24.7. The topological polar surface area (TPSA) is 83.6 Å². The van der Waals surface area contributed by atoms with Crippen LogP contribution in [0.1, 0.15) is 46.3 Å². The summed E-state index contributed by atoms with van der Waals surface area (Å²) in [5.74, 6) is -0.684. The normalized spacial score (nSPS) is 14.7. The number of hydrogen-bond donors (Lipinski definition) is 2. The zero-order chi connectivity index (χ0) is 24.8. The molecular weight excluding hydrogens is 467 g/mol. The summed E-state index contributed by atoms with van der Waals surface area (Å²) in [7, 11) is 1.37. The lowest BCUT2D eigenvalue weighted by Gasteiger charge is -2.33. The monoisotopic (exact) mass is 496 g/mol. The first-order chi connectivity index (χ1) is 17.0. The van der Waals surface area contributed by atoms with Gasteiger partial charge in [0.25, 0.3) is 0 Å².